The maximum atomic E-state index is 3.56. The lowest BCUT2D eigenvalue weighted by molar-refractivity contribution is 0.151. The van der Waals surface area contributed by atoms with Crippen molar-refractivity contribution < 1.29 is 0 Å². The summed E-state index contributed by atoms with van der Waals surface area (Å²) in [7, 11) is 0. The Morgan fingerprint density at radius 2 is 0.791 bits per heavy atom. The zero-order valence-corrected chi connectivity index (χ0v) is 29.4. The van der Waals surface area contributed by atoms with Crippen LogP contribution in [0.1, 0.15) is 181 Å². The number of unbranched alkanes of at least 4 members (excludes halogenated alkanes) is 18. The lowest BCUT2D eigenvalue weighted by atomic mass is 9.98. The van der Waals surface area contributed by atoms with E-state index in [1.54, 1.807) is 0 Å². The van der Waals surface area contributed by atoms with Gasteiger partial charge in [-0.3, -0.25) is 4.90 Å². The van der Waals surface area contributed by atoms with Crippen molar-refractivity contribution in [3.63, 3.8) is 0 Å². The van der Waals surface area contributed by atoms with E-state index in [2.05, 4.69) is 72.7 Å². The first-order chi connectivity index (χ1) is 21.4. The summed E-state index contributed by atoms with van der Waals surface area (Å²) in [6.45, 7) is 9.44. The maximum absolute atomic E-state index is 3.56. The highest BCUT2D eigenvalue weighted by atomic mass is 15.2. The van der Waals surface area contributed by atoms with E-state index in [9.17, 15) is 0 Å². The molecule has 43 heavy (non-hydrogen) atoms. The summed E-state index contributed by atoms with van der Waals surface area (Å²) in [5.41, 5.74) is 0. The average Bonchev–Trinajstić information content (AvgIpc) is 3.03. The van der Waals surface area contributed by atoms with Gasteiger partial charge in [-0.05, 0) is 77.0 Å². The molecule has 0 aromatic heterocycles. The number of nitrogens with zero attached hydrogens (tertiary/aromatic N) is 1. The summed E-state index contributed by atoms with van der Waals surface area (Å²) in [5, 5.41) is 3.56. The Morgan fingerprint density at radius 1 is 0.442 bits per heavy atom. The molecule has 0 spiro atoms. The van der Waals surface area contributed by atoms with Crippen molar-refractivity contribution in [1.29, 1.82) is 0 Å². The highest BCUT2D eigenvalue weighted by Gasteiger charge is 2.19. The molecule has 1 fully saturated rings. The number of hydrogen-bond donors (Lipinski definition) is 1. The molecule has 1 aliphatic rings. The van der Waals surface area contributed by atoms with Crippen LogP contribution in [0.15, 0.2) is 48.6 Å². The van der Waals surface area contributed by atoms with Crippen LogP contribution in [0.5, 0.6) is 0 Å². The fourth-order valence-corrected chi connectivity index (χ4v) is 6.29. The van der Waals surface area contributed by atoms with Crippen molar-refractivity contribution in [3.8, 4) is 0 Å². The van der Waals surface area contributed by atoms with E-state index in [4.69, 9.17) is 0 Å². The van der Waals surface area contributed by atoms with Crippen LogP contribution in [-0.2, 0) is 0 Å². The lowest BCUT2D eigenvalue weighted by Crippen LogP contribution is -2.48. The molecular weight excluding hydrogens is 520 g/mol. The molecule has 1 saturated heterocycles. The van der Waals surface area contributed by atoms with E-state index >= 15 is 0 Å². The Hall–Kier alpha value is -1.12. The highest BCUT2D eigenvalue weighted by Crippen LogP contribution is 2.20. The molecule has 0 aliphatic carbocycles. The van der Waals surface area contributed by atoms with Gasteiger partial charge in [0.05, 0.1) is 0 Å². The van der Waals surface area contributed by atoms with Crippen LogP contribution in [0.25, 0.3) is 0 Å². The number of nitrogens with one attached hydrogen (secondary N) is 1. The number of hydrogen-bond acceptors (Lipinski definition) is 2. The number of piperazine rings is 1. The van der Waals surface area contributed by atoms with Crippen molar-refractivity contribution >= 4 is 0 Å². The summed E-state index contributed by atoms with van der Waals surface area (Å²) in [6.07, 6.45) is 54.2. The van der Waals surface area contributed by atoms with Crippen molar-refractivity contribution in [3.05, 3.63) is 48.6 Å². The first-order valence-electron chi connectivity index (χ1n) is 19.4. The van der Waals surface area contributed by atoms with E-state index in [0.717, 1.165) is 18.9 Å². The zero-order chi connectivity index (χ0) is 30.7. The predicted octanol–water partition coefficient (Wildman–Crippen LogP) is 12.7. The monoisotopic (exact) mass is 597 g/mol. The van der Waals surface area contributed by atoms with E-state index in [0.29, 0.717) is 0 Å². The van der Waals surface area contributed by atoms with E-state index in [-0.39, 0.29) is 0 Å². The van der Waals surface area contributed by atoms with Crippen LogP contribution in [0.2, 0.25) is 0 Å². The van der Waals surface area contributed by atoms with Gasteiger partial charge in [-0.25, -0.2) is 0 Å². The largest absolute Gasteiger partial charge is 0.314 e. The Balaban J connectivity index is 2.02. The third-order valence-electron chi connectivity index (χ3n) is 9.14. The third-order valence-corrected chi connectivity index (χ3v) is 9.14. The molecule has 0 atom stereocenters. The van der Waals surface area contributed by atoms with Crippen molar-refractivity contribution in [2.45, 2.75) is 187 Å². The summed E-state index contributed by atoms with van der Waals surface area (Å²) in [4.78, 5) is 2.82. The molecule has 250 valence electrons. The second-order valence-corrected chi connectivity index (χ2v) is 13.2. The third kappa shape index (κ3) is 28.1. The quantitative estimate of drug-likeness (QED) is 0.0632. The molecule has 2 heteroatoms. The first kappa shape index (κ1) is 39.9. The topological polar surface area (TPSA) is 15.3 Å². The van der Waals surface area contributed by atoms with E-state index in [1.165, 1.54) is 180 Å². The van der Waals surface area contributed by atoms with Gasteiger partial charge in [-0.1, -0.05) is 152 Å². The van der Waals surface area contributed by atoms with Crippen LogP contribution < -0.4 is 5.32 Å². The molecule has 0 aromatic rings. The van der Waals surface area contributed by atoms with Gasteiger partial charge < -0.3 is 5.32 Å². The summed E-state index contributed by atoms with van der Waals surface area (Å²) < 4.78 is 0. The fraction of sp³-hybridized carbons (Fsp3) is 0.805. The second kappa shape index (κ2) is 33.8. The van der Waals surface area contributed by atoms with Gasteiger partial charge in [0.2, 0.25) is 0 Å². The predicted molar refractivity (Wildman–Crippen MR) is 196 cm³/mol. The van der Waals surface area contributed by atoms with Gasteiger partial charge in [0.1, 0.15) is 0 Å². The minimum absolute atomic E-state index is 0.832. The van der Waals surface area contributed by atoms with Crippen molar-refractivity contribution in [2.75, 3.05) is 26.2 Å². The minimum Gasteiger partial charge on any atom is -0.314 e. The van der Waals surface area contributed by atoms with Gasteiger partial charge in [0.25, 0.3) is 0 Å². The minimum atomic E-state index is 0.832. The molecular formula is C41H76N2. The lowest BCUT2D eigenvalue weighted by Gasteiger charge is -2.35. The van der Waals surface area contributed by atoms with Gasteiger partial charge in [-0.15, -0.1) is 0 Å². The summed E-state index contributed by atoms with van der Waals surface area (Å²) >= 11 is 0. The molecule has 1 rings (SSSR count). The Morgan fingerprint density at radius 3 is 1.19 bits per heavy atom. The molecule has 1 aliphatic heterocycles. The van der Waals surface area contributed by atoms with Gasteiger partial charge in [0, 0.05) is 32.2 Å². The molecule has 0 radical (unpaired) electrons. The standard InChI is InChI=1S/C41H76N2/c1-3-5-7-9-11-13-15-17-19-21-23-25-27-29-31-33-35-41(43-39-37-42-38-40-43)36-34-32-30-28-26-24-22-20-18-16-14-12-10-8-6-4-2/h11-14,17-20,41-42H,3-10,15-16,21-40H2,1-2H3/b13-11-,14-12-,19-17-,20-18-. The fourth-order valence-electron chi connectivity index (χ4n) is 6.29. The molecule has 0 aromatic carbocycles. The van der Waals surface area contributed by atoms with E-state index in [1.807, 2.05) is 0 Å². The zero-order valence-electron chi connectivity index (χ0n) is 29.4. The van der Waals surface area contributed by atoms with Gasteiger partial charge in [-0.2, -0.15) is 0 Å². The van der Waals surface area contributed by atoms with Crippen LogP contribution in [0.4, 0.5) is 0 Å². The second-order valence-electron chi connectivity index (χ2n) is 13.2. The summed E-state index contributed by atoms with van der Waals surface area (Å²) in [6, 6.07) is 0.832. The Bertz CT molecular complexity index is 607. The SMILES string of the molecule is CCCCC/C=C\C/C=C\CCCCCCCCC(CCCCCCCC/C=C\C/C=C\CCCCC)N1CCNCC1. The normalized spacial score (nSPS) is 15.0. The smallest absolute Gasteiger partial charge is 0.0110 e. The molecule has 1 N–H and O–H groups in total. The Labute approximate surface area is 271 Å². The molecule has 0 saturated carbocycles. The van der Waals surface area contributed by atoms with Gasteiger partial charge in [0.15, 0.2) is 0 Å². The first-order valence-corrected chi connectivity index (χ1v) is 19.4. The van der Waals surface area contributed by atoms with Gasteiger partial charge >= 0.3 is 0 Å². The molecule has 2 nitrogen and oxygen atoms in total. The molecule has 1 heterocycles. The van der Waals surface area contributed by atoms with Crippen molar-refractivity contribution in [1.82, 2.24) is 10.2 Å². The molecule has 0 amide bonds. The van der Waals surface area contributed by atoms with Crippen LogP contribution >= 0.6 is 0 Å². The van der Waals surface area contributed by atoms with E-state index < -0.39 is 0 Å². The highest BCUT2D eigenvalue weighted by molar-refractivity contribution is 4.93. The van der Waals surface area contributed by atoms with Crippen LogP contribution in [0.3, 0.4) is 0 Å². The number of allylic oxidation sites excluding steroid dienone is 8. The summed E-state index contributed by atoms with van der Waals surface area (Å²) in [5.74, 6) is 0. The molecule has 0 bridgehead atoms. The molecule has 0 unspecified atom stereocenters. The number of rotatable bonds is 31. The average molecular weight is 597 g/mol. The van der Waals surface area contributed by atoms with Crippen LogP contribution in [-0.4, -0.2) is 37.1 Å². The Kier molecular flexibility index (Phi) is 31.3. The van der Waals surface area contributed by atoms with Crippen molar-refractivity contribution in [2.24, 2.45) is 0 Å². The van der Waals surface area contributed by atoms with Crippen LogP contribution in [0, 0.1) is 0 Å². The maximum Gasteiger partial charge on any atom is 0.0110 e.